The van der Waals surface area contributed by atoms with Crippen LogP contribution in [0.25, 0.3) is 0 Å². The molecule has 3 heteroatoms. The summed E-state index contributed by atoms with van der Waals surface area (Å²) < 4.78 is 14.1. The Morgan fingerprint density at radius 3 is 2.63 bits per heavy atom. The molecule has 2 rings (SSSR count). The fourth-order valence-electron chi connectivity index (χ4n) is 2.62. The Morgan fingerprint density at radius 2 is 2.00 bits per heavy atom. The van der Waals surface area contributed by atoms with E-state index in [1.54, 1.807) is 6.07 Å². The van der Waals surface area contributed by atoms with Crippen molar-refractivity contribution in [3.8, 4) is 0 Å². The highest BCUT2D eigenvalue weighted by Gasteiger charge is 2.33. The van der Waals surface area contributed by atoms with Crippen molar-refractivity contribution in [3.05, 3.63) is 29.6 Å². The molecule has 1 aliphatic rings. The smallest absolute Gasteiger partial charge is 0.146 e. The average Bonchev–Trinajstić information content (AvgIpc) is 2.32. The number of aryl methyl sites for hydroxylation is 1. The van der Waals surface area contributed by atoms with Gasteiger partial charge in [0.25, 0.3) is 0 Å². The van der Waals surface area contributed by atoms with E-state index in [1.165, 1.54) is 0 Å². The second-order valence-electron chi connectivity index (χ2n) is 6.78. The fourth-order valence-corrected chi connectivity index (χ4v) is 2.62. The molecule has 2 unspecified atom stereocenters. The van der Waals surface area contributed by atoms with E-state index in [9.17, 15) is 4.39 Å². The second-order valence-corrected chi connectivity index (χ2v) is 6.78. The minimum atomic E-state index is -0.119. The molecule has 19 heavy (non-hydrogen) atoms. The van der Waals surface area contributed by atoms with E-state index in [0.29, 0.717) is 12.1 Å². The van der Waals surface area contributed by atoms with Gasteiger partial charge in [-0.15, -0.1) is 0 Å². The summed E-state index contributed by atoms with van der Waals surface area (Å²) in [5.74, 6) is -0.119. The summed E-state index contributed by atoms with van der Waals surface area (Å²) in [6.07, 6.45) is 0. The molecule has 106 valence electrons. The number of benzene rings is 1. The molecule has 1 aromatic carbocycles. The quantitative estimate of drug-likeness (QED) is 0.837. The van der Waals surface area contributed by atoms with Gasteiger partial charge in [-0.05, 0) is 37.0 Å². The Labute approximate surface area is 116 Å². The Kier molecular flexibility index (Phi) is 3.86. The van der Waals surface area contributed by atoms with E-state index in [4.69, 9.17) is 0 Å². The summed E-state index contributed by atoms with van der Waals surface area (Å²) >= 11 is 0. The number of anilines is 1. The predicted octanol–water partition coefficient (Wildman–Crippen LogP) is 3.35. The number of hydrogen-bond acceptors (Lipinski definition) is 2. The van der Waals surface area contributed by atoms with Gasteiger partial charge >= 0.3 is 0 Å². The van der Waals surface area contributed by atoms with Gasteiger partial charge < -0.3 is 10.2 Å². The normalized spacial score (nSPS) is 24.6. The highest BCUT2D eigenvalue weighted by Crippen LogP contribution is 2.29. The summed E-state index contributed by atoms with van der Waals surface area (Å²) in [5.41, 5.74) is 2.02. The number of nitrogens with one attached hydrogen (secondary N) is 1. The van der Waals surface area contributed by atoms with E-state index >= 15 is 0 Å². The lowest BCUT2D eigenvalue weighted by molar-refractivity contribution is 0.238. The SMILES string of the molecule is Cc1ccc(F)c(N2CC(C(C)(C)C)NCC2C)c1. The van der Waals surface area contributed by atoms with Crippen LogP contribution in [0.2, 0.25) is 0 Å². The fraction of sp³-hybridized carbons (Fsp3) is 0.625. The van der Waals surface area contributed by atoms with Crippen molar-refractivity contribution in [2.75, 3.05) is 18.0 Å². The zero-order valence-electron chi connectivity index (χ0n) is 12.6. The van der Waals surface area contributed by atoms with Crippen molar-refractivity contribution in [1.82, 2.24) is 5.32 Å². The van der Waals surface area contributed by atoms with Gasteiger partial charge in [0.15, 0.2) is 0 Å². The van der Waals surface area contributed by atoms with E-state index in [1.807, 2.05) is 19.1 Å². The van der Waals surface area contributed by atoms with Crippen LogP contribution in [0.4, 0.5) is 10.1 Å². The summed E-state index contributed by atoms with van der Waals surface area (Å²) in [7, 11) is 0. The molecule has 0 radical (unpaired) electrons. The maximum atomic E-state index is 14.1. The molecule has 0 amide bonds. The van der Waals surface area contributed by atoms with E-state index in [2.05, 4.69) is 37.9 Å². The molecule has 1 aromatic rings. The molecule has 1 heterocycles. The van der Waals surface area contributed by atoms with Crippen LogP contribution in [0.1, 0.15) is 33.3 Å². The van der Waals surface area contributed by atoms with Crippen molar-refractivity contribution in [2.24, 2.45) is 5.41 Å². The van der Waals surface area contributed by atoms with Crippen molar-refractivity contribution in [2.45, 2.75) is 46.7 Å². The van der Waals surface area contributed by atoms with Crippen molar-refractivity contribution < 1.29 is 4.39 Å². The maximum Gasteiger partial charge on any atom is 0.146 e. The van der Waals surface area contributed by atoms with Crippen molar-refractivity contribution in [3.63, 3.8) is 0 Å². The van der Waals surface area contributed by atoms with Crippen LogP contribution in [0, 0.1) is 18.2 Å². The van der Waals surface area contributed by atoms with E-state index in [0.717, 1.165) is 24.3 Å². The molecule has 2 atom stereocenters. The standard InChI is InChI=1S/C16H25FN2/c1-11-6-7-13(17)14(8-11)19-10-15(16(3,4)5)18-9-12(19)2/h6-8,12,15,18H,9-10H2,1-5H3. The van der Waals surface area contributed by atoms with Crippen LogP contribution in [-0.2, 0) is 0 Å². The number of nitrogens with zero attached hydrogens (tertiary/aromatic N) is 1. The molecular weight excluding hydrogens is 239 g/mol. The minimum Gasteiger partial charge on any atom is -0.364 e. The highest BCUT2D eigenvalue weighted by molar-refractivity contribution is 5.51. The van der Waals surface area contributed by atoms with Gasteiger partial charge in [0.2, 0.25) is 0 Å². The number of halogens is 1. The number of rotatable bonds is 1. The minimum absolute atomic E-state index is 0.119. The number of piperazine rings is 1. The van der Waals surface area contributed by atoms with Crippen LogP contribution in [0.3, 0.4) is 0 Å². The molecule has 0 aliphatic carbocycles. The molecule has 0 saturated carbocycles. The molecule has 1 aliphatic heterocycles. The Hall–Kier alpha value is -1.09. The Balaban J connectivity index is 2.28. The molecule has 1 saturated heterocycles. The zero-order chi connectivity index (χ0) is 14.2. The predicted molar refractivity (Wildman–Crippen MR) is 79.2 cm³/mol. The third kappa shape index (κ3) is 3.08. The lowest BCUT2D eigenvalue weighted by Crippen LogP contribution is -2.59. The largest absolute Gasteiger partial charge is 0.364 e. The van der Waals surface area contributed by atoms with Gasteiger partial charge in [-0.3, -0.25) is 0 Å². The van der Waals surface area contributed by atoms with E-state index in [-0.39, 0.29) is 11.2 Å². The topological polar surface area (TPSA) is 15.3 Å². The van der Waals surface area contributed by atoms with Gasteiger partial charge in [0, 0.05) is 25.2 Å². The highest BCUT2D eigenvalue weighted by atomic mass is 19.1. The second kappa shape index (κ2) is 5.12. The van der Waals surface area contributed by atoms with Gasteiger partial charge in [0.05, 0.1) is 5.69 Å². The lowest BCUT2D eigenvalue weighted by atomic mass is 9.84. The molecule has 1 fully saturated rings. The van der Waals surface area contributed by atoms with Crippen LogP contribution in [0.15, 0.2) is 18.2 Å². The first-order valence-electron chi connectivity index (χ1n) is 7.05. The lowest BCUT2D eigenvalue weighted by Gasteiger charge is -2.45. The Morgan fingerprint density at radius 1 is 1.32 bits per heavy atom. The number of hydrogen-bond donors (Lipinski definition) is 1. The summed E-state index contributed by atoms with van der Waals surface area (Å²) in [6, 6.07) is 6.05. The van der Waals surface area contributed by atoms with Gasteiger partial charge in [-0.1, -0.05) is 26.8 Å². The first kappa shape index (κ1) is 14.3. The maximum absolute atomic E-state index is 14.1. The zero-order valence-corrected chi connectivity index (χ0v) is 12.6. The third-order valence-corrected chi connectivity index (χ3v) is 4.03. The Bertz CT molecular complexity index is 451. The van der Waals surface area contributed by atoms with Gasteiger partial charge in [-0.25, -0.2) is 4.39 Å². The van der Waals surface area contributed by atoms with Crippen molar-refractivity contribution >= 4 is 5.69 Å². The molecule has 0 spiro atoms. The molecule has 1 N–H and O–H groups in total. The molecular formula is C16H25FN2. The van der Waals surface area contributed by atoms with Crippen LogP contribution in [-0.4, -0.2) is 25.2 Å². The average molecular weight is 264 g/mol. The summed E-state index contributed by atoms with van der Waals surface area (Å²) in [4.78, 5) is 2.20. The monoisotopic (exact) mass is 264 g/mol. The summed E-state index contributed by atoms with van der Waals surface area (Å²) in [5, 5.41) is 3.58. The third-order valence-electron chi connectivity index (χ3n) is 4.03. The van der Waals surface area contributed by atoms with Crippen molar-refractivity contribution in [1.29, 1.82) is 0 Å². The van der Waals surface area contributed by atoms with E-state index < -0.39 is 0 Å². The van der Waals surface area contributed by atoms with Gasteiger partial charge in [-0.2, -0.15) is 0 Å². The molecule has 2 nitrogen and oxygen atoms in total. The summed E-state index contributed by atoms with van der Waals surface area (Å²) in [6.45, 7) is 12.6. The molecule has 0 bridgehead atoms. The van der Waals surface area contributed by atoms with Crippen LogP contribution < -0.4 is 10.2 Å². The van der Waals surface area contributed by atoms with Crippen LogP contribution >= 0.6 is 0 Å². The first-order chi connectivity index (χ1) is 8.79. The first-order valence-corrected chi connectivity index (χ1v) is 7.05. The van der Waals surface area contributed by atoms with Gasteiger partial charge in [0.1, 0.15) is 5.82 Å². The molecule has 0 aromatic heterocycles. The van der Waals surface area contributed by atoms with Crippen LogP contribution in [0.5, 0.6) is 0 Å².